The average molecular weight is 530 g/mol. The molecule has 210 valence electrons. The molecule has 1 rings (SSSR count). The zero-order valence-electron chi connectivity index (χ0n) is 23.9. The van der Waals surface area contributed by atoms with E-state index >= 15 is 0 Å². The van der Waals surface area contributed by atoms with Gasteiger partial charge in [0.1, 0.15) is 17.7 Å². The molecule has 0 bridgehead atoms. The van der Waals surface area contributed by atoms with Crippen LogP contribution in [0.1, 0.15) is 85.4 Å². The van der Waals surface area contributed by atoms with Crippen molar-refractivity contribution in [2.24, 2.45) is 5.92 Å². The molecule has 3 unspecified atom stereocenters. The molecular formula is C29H43N3O6. The number of carbonyl (C=O) groups is 4. The van der Waals surface area contributed by atoms with Gasteiger partial charge in [0.05, 0.1) is 13.0 Å². The van der Waals surface area contributed by atoms with Gasteiger partial charge in [-0.1, -0.05) is 38.8 Å². The number of benzene rings is 1. The van der Waals surface area contributed by atoms with Crippen molar-refractivity contribution < 1.29 is 28.7 Å². The molecule has 9 nitrogen and oxygen atoms in total. The van der Waals surface area contributed by atoms with Gasteiger partial charge in [-0.25, -0.2) is 4.79 Å². The molecule has 9 heteroatoms. The number of nitrogens with one attached hydrogen (secondary N) is 2. The fourth-order valence-corrected chi connectivity index (χ4v) is 3.72. The number of alkyl carbamates (subject to hydrolysis) is 1. The highest BCUT2D eigenvalue weighted by Gasteiger charge is 2.39. The lowest BCUT2D eigenvalue weighted by molar-refractivity contribution is -0.146. The van der Waals surface area contributed by atoms with E-state index in [1.54, 1.807) is 52.0 Å². The highest BCUT2D eigenvalue weighted by Crippen LogP contribution is 2.27. The summed E-state index contributed by atoms with van der Waals surface area (Å²) in [6, 6.07) is 4.47. The number of rotatable bonds is 12. The molecule has 0 aliphatic heterocycles. The summed E-state index contributed by atoms with van der Waals surface area (Å²) in [6.07, 6.45) is 5.33. The first-order valence-corrected chi connectivity index (χ1v) is 13.1. The Morgan fingerprint density at radius 2 is 1.66 bits per heavy atom. The minimum Gasteiger partial charge on any atom is -0.466 e. The van der Waals surface area contributed by atoms with Crippen LogP contribution in [0.5, 0.6) is 0 Å². The lowest BCUT2D eigenvalue weighted by Crippen LogP contribution is -2.57. The number of terminal acetylenes is 1. The van der Waals surface area contributed by atoms with E-state index in [0.717, 1.165) is 0 Å². The molecule has 0 radical (unpaired) electrons. The van der Waals surface area contributed by atoms with Gasteiger partial charge in [-0.2, -0.15) is 0 Å². The number of nitrogens with zero attached hydrogens (tertiary/aromatic N) is 1. The summed E-state index contributed by atoms with van der Waals surface area (Å²) in [7, 11) is 0. The molecule has 0 aliphatic rings. The van der Waals surface area contributed by atoms with Gasteiger partial charge in [-0.05, 0) is 64.7 Å². The molecule has 38 heavy (non-hydrogen) atoms. The van der Waals surface area contributed by atoms with Crippen molar-refractivity contribution in [1.82, 2.24) is 15.5 Å². The van der Waals surface area contributed by atoms with Crippen LogP contribution in [0, 0.1) is 18.3 Å². The molecule has 0 saturated carbocycles. The third-order valence-corrected chi connectivity index (χ3v) is 5.78. The summed E-state index contributed by atoms with van der Waals surface area (Å²) in [6.45, 7) is 14.6. The zero-order valence-corrected chi connectivity index (χ0v) is 23.9. The Kier molecular flexibility index (Phi) is 12.8. The van der Waals surface area contributed by atoms with Crippen molar-refractivity contribution in [2.75, 3.05) is 13.2 Å². The van der Waals surface area contributed by atoms with Gasteiger partial charge in [0.2, 0.25) is 11.8 Å². The maximum Gasteiger partial charge on any atom is 0.408 e. The number of ether oxygens (including phenoxy) is 2. The molecule has 2 N–H and O–H groups in total. The summed E-state index contributed by atoms with van der Waals surface area (Å²) in [5, 5.41) is 5.46. The highest BCUT2D eigenvalue weighted by atomic mass is 16.6. The molecular weight excluding hydrogens is 486 g/mol. The van der Waals surface area contributed by atoms with E-state index in [2.05, 4.69) is 16.6 Å². The Bertz CT molecular complexity index is 991. The van der Waals surface area contributed by atoms with E-state index in [4.69, 9.17) is 15.9 Å². The van der Waals surface area contributed by atoms with Crippen LogP contribution in [0.15, 0.2) is 24.3 Å². The lowest BCUT2D eigenvalue weighted by atomic mass is 9.96. The van der Waals surface area contributed by atoms with Crippen LogP contribution in [-0.2, 0) is 23.9 Å². The van der Waals surface area contributed by atoms with E-state index in [0.29, 0.717) is 17.5 Å². The third kappa shape index (κ3) is 10.1. The fourth-order valence-electron chi connectivity index (χ4n) is 3.72. The van der Waals surface area contributed by atoms with Crippen molar-refractivity contribution in [3.05, 3.63) is 35.4 Å². The zero-order chi connectivity index (χ0) is 29.0. The van der Waals surface area contributed by atoms with E-state index in [-0.39, 0.29) is 31.5 Å². The fraction of sp³-hybridized carbons (Fsp3) is 0.586. The molecule has 1 aromatic rings. The summed E-state index contributed by atoms with van der Waals surface area (Å²) in [4.78, 5) is 53.5. The Balaban J connectivity index is 3.45. The molecule has 0 spiro atoms. The standard InChI is InChI=1S/C29H43N3O6/c1-10-20(6)32(27(35)24(19(4)5)31-28(36)38-29(7,8)9)25(22-15-13-21(11-2)14-16-22)26(34)30-18-17-23(33)37-12-3/h2,13-16,19-20,24-25H,10,12,17-18H2,1,3-9H3,(H,30,34)(H,31,36). The number of amides is 3. The number of hydrogen-bond acceptors (Lipinski definition) is 6. The van der Waals surface area contributed by atoms with E-state index in [1.807, 2.05) is 27.7 Å². The quantitative estimate of drug-likeness (QED) is 0.313. The SMILES string of the molecule is C#Cc1ccc(C(C(=O)NCCC(=O)OCC)N(C(=O)C(NC(=O)OC(C)(C)C)C(C)C)C(C)CC)cc1. The Labute approximate surface area is 227 Å². The first kappa shape index (κ1) is 32.5. The molecule has 0 aliphatic carbocycles. The van der Waals surface area contributed by atoms with Crippen molar-refractivity contribution in [2.45, 2.75) is 92.0 Å². The second kappa shape index (κ2) is 15.0. The van der Waals surface area contributed by atoms with Crippen molar-refractivity contribution in [1.29, 1.82) is 0 Å². The molecule has 0 heterocycles. The average Bonchev–Trinajstić information content (AvgIpc) is 2.83. The number of hydrogen-bond donors (Lipinski definition) is 2. The summed E-state index contributed by atoms with van der Waals surface area (Å²) in [5.41, 5.74) is 0.430. The van der Waals surface area contributed by atoms with Gasteiger partial charge in [-0.3, -0.25) is 14.4 Å². The van der Waals surface area contributed by atoms with E-state index in [9.17, 15) is 19.2 Å². The first-order chi connectivity index (χ1) is 17.7. The second-order valence-electron chi connectivity index (χ2n) is 10.4. The summed E-state index contributed by atoms with van der Waals surface area (Å²) >= 11 is 0. The highest BCUT2D eigenvalue weighted by molar-refractivity contribution is 5.92. The van der Waals surface area contributed by atoms with Crippen LogP contribution >= 0.6 is 0 Å². The Morgan fingerprint density at radius 1 is 1.05 bits per heavy atom. The predicted molar refractivity (Wildman–Crippen MR) is 146 cm³/mol. The monoisotopic (exact) mass is 529 g/mol. The molecule has 0 saturated heterocycles. The Hall–Kier alpha value is -3.54. The number of carbonyl (C=O) groups excluding carboxylic acids is 4. The van der Waals surface area contributed by atoms with Crippen molar-refractivity contribution in [3.63, 3.8) is 0 Å². The topological polar surface area (TPSA) is 114 Å². The molecule has 3 atom stereocenters. The second-order valence-corrected chi connectivity index (χ2v) is 10.4. The first-order valence-electron chi connectivity index (χ1n) is 13.1. The van der Waals surface area contributed by atoms with Gasteiger partial charge in [0, 0.05) is 18.2 Å². The summed E-state index contributed by atoms with van der Waals surface area (Å²) < 4.78 is 10.3. The normalized spacial score (nSPS) is 13.5. The molecule has 1 aromatic carbocycles. The van der Waals surface area contributed by atoms with Crippen LogP contribution in [-0.4, -0.2) is 59.6 Å². The molecule has 0 fully saturated rings. The lowest BCUT2D eigenvalue weighted by Gasteiger charge is -2.39. The van der Waals surface area contributed by atoms with Gasteiger partial charge in [0.25, 0.3) is 0 Å². The molecule has 0 aromatic heterocycles. The maximum absolute atomic E-state index is 14.1. The van der Waals surface area contributed by atoms with Crippen LogP contribution in [0.4, 0.5) is 4.79 Å². The Morgan fingerprint density at radius 3 is 2.13 bits per heavy atom. The predicted octanol–water partition coefficient (Wildman–Crippen LogP) is 3.95. The van der Waals surface area contributed by atoms with Gasteiger partial charge in [0.15, 0.2) is 0 Å². The third-order valence-electron chi connectivity index (χ3n) is 5.78. The largest absolute Gasteiger partial charge is 0.466 e. The molecule has 3 amide bonds. The smallest absolute Gasteiger partial charge is 0.408 e. The van der Waals surface area contributed by atoms with Crippen molar-refractivity contribution >= 4 is 23.9 Å². The van der Waals surface area contributed by atoms with Gasteiger partial charge >= 0.3 is 12.1 Å². The number of esters is 1. The van der Waals surface area contributed by atoms with Crippen LogP contribution in [0.2, 0.25) is 0 Å². The van der Waals surface area contributed by atoms with E-state index < -0.39 is 41.6 Å². The van der Waals surface area contributed by atoms with Crippen LogP contribution in [0.3, 0.4) is 0 Å². The van der Waals surface area contributed by atoms with Gasteiger partial charge in [-0.15, -0.1) is 6.42 Å². The van der Waals surface area contributed by atoms with E-state index in [1.165, 1.54) is 4.90 Å². The minimum atomic E-state index is -1.03. The van der Waals surface area contributed by atoms with Gasteiger partial charge < -0.3 is 25.0 Å². The maximum atomic E-state index is 14.1. The minimum absolute atomic E-state index is 0.00553. The van der Waals surface area contributed by atoms with Crippen LogP contribution in [0.25, 0.3) is 0 Å². The van der Waals surface area contributed by atoms with Crippen molar-refractivity contribution in [3.8, 4) is 12.3 Å². The van der Waals surface area contributed by atoms with Crippen LogP contribution < -0.4 is 10.6 Å². The summed E-state index contributed by atoms with van der Waals surface area (Å²) in [5.74, 6) is 0.935.